The lowest BCUT2D eigenvalue weighted by molar-refractivity contribution is 0.579. The van der Waals surface area contributed by atoms with Crippen molar-refractivity contribution in [3.05, 3.63) is 66.5 Å². The van der Waals surface area contributed by atoms with Crippen LogP contribution in [-0.4, -0.2) is 30.5 Å². The van der Waals surface area contributed by atoms with Crippen LogP contribution in [0.5, 0.6) is 0 Å². The fraction of sp³-hybridized carbons (Fsp3) is 0.261. The van der Waals surface area contributed by atoms with Crippen LogP contribution in [0.25, 0.3) is 21.8 Å². The van der Waals surface area contributed by atoms with Crippen LogP contribution < -0.4 is 4.90 Å². The lowest BCUT2D eigenvalue weighted by Gasteiger charge is -2.28. The average molecular weight is 406 g/mol. The Morgan fingerprint density at radius 1 is 0.862 bits per heavy atom. The number of benzene rings is 3. The van der Waals surface area contributed by atoms with E-state index in [1.165, 1.54) is 10.4 Å². The summed E-state index contributed by atoms with van der Waals surface area (Å²) in [6.07, 6.45) is 3.56. The first-order chi connectivity index (χ1) is 14.1. The third kappa shape index (κ3) is 2.90. The summed E-state index contributed by atoms with van der Waals surface area (Å²) < 4.78 is 28.9. The van der Waals surface area contributed by atoms with Gasteiger partial charge in [0.15, 0.2) is 0 Å². The Morgan fingerprint density at radius 2 is 1.59 bits per heavy atom. The van der Waals surface area contributed by atoms with Gasteiger partial charge >= 0.3 is 0 Å². The first-order valence-corrected chi connectivity index (χ1v) is 11.5. The maximum absolute atomic E-state index is 13.7. The highest BCUT2D eigenvalue weighted by Crippen LogP contribution is 2.33. The van der Waals surface area contributed by atoms with E-state index in [1.54, 1.807) is 19.1 Å². The lowest BCUT2D eigenvalue weighted by Crippen LogP contribution is -2.29. The molecule has 0 unspecified atom stereocenters. The van der Waals surface area contributed by atoms with Crippen LogP contribution in [-0.2, 0) is 10.0 Å². The Balaban J connectivity index is 1.73. The summed E-state index contributed by atoms with van der Waals surface area (Å²) in [4.78, 5) is 7.34. The monoisotopic (exact) mass is 405 g/mol. The molecular weight excluding hydrogens is 382 g/mol. The summed E-state index contributed by atoms with van der Waals surface area (Å²) in [7, 11) is -3.79. The summed E-state index contributed by atoms with van der Waals surface area (Å²) in [5.74, 6) is 0.484. The van der Waals surface area contributed by atoms with E-state index in [9.17, 15) is 8.42 Å². The molecule has 0 saturated carbocycles. The Bertz CT molecular complexity index is 1310. The fourth-order valence-electron chi connectivity index (χ4n) is 4.39. The number of aromatic nitrogens is 2. The third-order valence-corrected chi connectivity index (χ3v) is 7.60. The lowest BCUT2D eigenvalue weighted by atomic mass is 10.1. The molecule has 5 rings (SSSR count). The van der Waals surface area contributed by atoms with Crippen molar-refractivity contribution in [3.63, 3.8) is 0 Å². The van der Waals surface area contributed by atoms with Crippen LogP contribution >= 0.6 is 0 Å². The summed E-state index contributed by atoms with van der Waals surface area (Å²) in [5.41, 5.74) is 2.42. The maximum atomic E-state index is 13.7. The van der Waals surface area contributed by atoms with Crippen molar-refractivity contribution < 1.29 is 8.42 Å². The Hall–Kier alpha value is -2.86. The molecule has 0 atom stereocenters. The van der Waals surface area contributed by atoms with Crippen LogP contribution in [0.1, 0.15) is 25.1 Å². The number of anilines is 1. The van der Waals surface area contributed by atoms with Gasteiger partial charge in [0.1, 0.15) is 11.3 Å². The molecule has 4 aromatic rings. The first-order valence-electron chi connectivity index (χ1n) is 10.0. The third-order valence-electron chi connectivity index (χ3n) is 5.74. The zero-order chi connectivity index (χ0) is 20.0. The molecule has 0 spiro atoms. The number of hydrogen-bond donors (Lipinski definition) is 0. The van der Waals surface area contributed by atoms with Gasteiger partial charge in [0.25, 0.3) is 10.0 Å². The average Bonchev–Trinajstić information content (AvgIpc) is 3.10. The van der Waals surface area contributed by atoms with Gasteiger partial charge in [-0.05, 0) is 49.8 Å². The predicted molar refractivity (Wildman–Crippen MR) is 117 cm³/mol. The number of nitrogens with zero attached hydrogens (tertiary/aromatic N) is 3. The van der Waals surface area contributed by atoms with Crippen molar-refractivity contribution in [2.45, 2.75) is 31.1 Å². The molecule has 0 bridgehead atoms. The van der Waals surface area contributed by atoms with Crippen molar-refractivity contribution in [3.8, 4) is 0 Å². The van der Waals surface area contributed by atoms with Gasteiger partial charge in [-0.2, -0.15) is 0 Å². The number of piperidine rings is 1. The molecule has 0 aliphatic carbocycles. The number of imidazole rings is 1. The van der Waals surface area contributed by atoms with E-state index >= 15 is 0 Å². The first kappa shape index (κ1) is 18.2. The number of para-hydroxylation sites is 1. The number of aryl methyl sites for hydroxylation is 1. The van der Waals surface area contributed by atoms with Gasteiger partial charge in [-0.3, -0.25) is 0 Å². The molecule has 1 aromatic heterocycles. The SMILES string of the molecule is Cc1nc2c(N3CCCCC3)cccc2n1S(=O)(=O)c1cccc2ccccc12. The second-order valence-electron chi connectivity index (χ2n) is 7.60. The van der Waals surface area contributed by atoms with E-state index < -0.39 is 10.0 Å². The van der Waals surface area contributed by atoms with E-state index in [2.05, 4.69) is 11.0 Å². The molecular formula is C23H23N3O2S. The quantitative estimate of drug-likeness (QED) is 0.495. The van der Waals surface area contributed by atoms with E-state index in [0.717, 1.165) is 47.9 Å². The number of hydrogen-bond acceptors (Lipinski definition) is 4. The van der Waals surface area contributed by atoms with Crippen LogP contribution in [0.3, 0.4) is 0 Å². The highest BCUT2D eigenvalue weighted by atomic mass is 32.2. The molecule has 1 aliphatic heterocycles. The van der Waals surface area contributed by atoms with Crippen molar-refractivity contribution in [2.75, 3.05) is 18.0 Å². The van der Waals surface area contributed by atoms with Crippen molar-refractivity contribution in [2.24, 2.45) is 0 Å². The molecule has 1 saturated heterocycles. The predicted octanol–water partition coefficient (Wildman–Crippen LogP) is 4.73. The minimum absolute atomic E-state index is 0.307. The highest BCUT2D eigenvalue weighted by Gasteiger charge is 2.26. The smallest absolute Gasteiger partial charge is 0.270 e. The van der Waals surface area contributed by atoms with Crippen LogP contribution in [0, 0.1) is 6.92 Å². The second kappa shape index (κ2) is 6.88. The summed E-state index contributed by atoms with van der Waals surface area (Å²) >= 11 is 0. The fourth-order valence-corrected chi connectivity index (χ4v) is 6.10. The maximum Gasteiger partial charge on any atom is 0.270 e. The topological polar surface area (TPSA) is 55.2 Å². The Kier molecular flexibility index (Phi) is 4.32. The number of fused-ring (bicyclic) bond motifs is 2. The Morgan fingerprint density at radius 3 is 2.41 bits per heavy atom. The zero-order valence-corrected chi connectivity index (χ0v) is 17.2. The zero-order valence-electron chi connectivity index (χ0n) is 16.4. The molecule has 148 valence electrons. The minimum atomic E-state index is -3.79. The summed E-state index contributed by atoms with van der Waals surface area (Å²) in [6.45, 7) is 3.74. The summed E-state index contributed by atoms with van der Waals surface area (Å²) in [5, 5.41) is 1.63. The molecule has 3 aromatic carbocycles. The van der Waals surface area contributed by atoms with Crippen molar-refractivity contribution in [1.29, 1.82) is 0 Å². The molecule has 2 heterocycles. The van der Waals surface area contributed by atoms with Crippen molar-refractivity contribution >= 4 is 37.5 Å². The molecule has 0 radical (unpaired) electrons. The highest BCUT2D eigenvalue weighted by molar-refractivity contribution is 7.90. The molecule has 1 fully saturated rings. The van der Waals surface area contributed by atoms with E-state index in [1.807, 2.05) is 42.5 Å². The van der Waals surface area contributed by atoms with Gasteiger partial charge in [-0.15, -0.1) is 0 Å². The normalized spacial score (nSPS) is 15.3. The van der Waals surface area contributed by atoms with Gasteiger partial charge in [0.05, 0.1) is 16.1 Å². The molecule has 6 heteroatoms. The van der Waals surface area contributed by atoms with Gasteiger partial charge in [0.2, 0.25) is 0 Å². The largest absolute Gasteiger partial charge is 0.370 e. The van der Waals surface area contributed by atoms with E-state index in [0.29, 0.717) is 16.2 Å². The van der Waals surface area contributed by atoms with E-state index in [-0.39, 0.29) is 0 Å². The molecule has 1 aliphatic rings. The Labute approximate surface area is 170 Å². The molecule has 29 heavy (non-hydrogen) atoms. The number of rotatable bonds is 3. The van der Waals surface area contributed by atoms with Gasteiger partial charge < -0.3 is 4.90 Å². The molecule has 5 nitrogen and oxygen atoms in total. The van der Waals surface area contributed by atoms with Gasteiger partial charge in [-0.1, -0.05) is 42.5 Å². The second-order valence-corrected chi connectivity index (χ2v) is 9.35. The van der Waals surface area contributed by atoms with Crippen LogP contribution in [0.4, 0.5) is 5.69 Å². The molecule has 0 amide bonds. The van der Waals surface area contributed by atoms with Crippen LogP contribution in [0.15, 0.2) is 65.6 Å². The van der Waals surface area contributed by atoms with E-state index in [4.69, 9.17) is 4.98 Å². The van der Waals surface area contributed by atoms with Crippen LogP contribution in [0.2, 0.25) is 0 Å². The van der Waals surface area contributed by atoms with Crippen molar-refractivity contribution in [1.82, 2.24) is 8.96 Å². The molecule has 0 N–H and O–H groups in total. The van der Waals surface area contributed by atoms with Gasteiger partial charge in [0, 0.05) is 18.5 Å². The summed E-state index contributed by atoms with van der Waals surface area (Å²) in [6, 6.07) is 18.8. The minimum Gasteiger partial charge on any atom is -0.370 e. The standard InChI is InChI=1S/C23H23N3O2S/c1-17-24-23-20(25-15-5-2-6-16-25)12-8-13-21(23)26(17)29(27,28)22-14-7-10-18-9-3-4-11-19(18)22/h3-4,7-14H,2,5-6,15-16H2,1H3. The van der Waals surface area contributed by atoms with Gasteiger partial charge in [-0.25, -0.2) is 17.4 Å².